The minimum Gasteiger partial charge on any atom is -0.210 e. The first-order chi connectivity index (χ1) is 4.59. The summed E-state index contributed by atoms with van der Waals surface area (Å²) < 4.78 is 12.9. The molecule has 0 heterocycles. The van der Waals surface area contributed by atoms with Crippen LogP contribution in [0.1, 0.15) is 20.8 Å². The fourth-order valence-corrected chi connectivity index (χ4v) is 1.13. The van der Waals surface area contributed by atoms with Crippen LogP contribution >= 0.6 is 22.6 Å². The third-order valence-corrected chi connectivity index (χ3v) is 1.69. The van der Waals surface area contributed by atoms with Crippen LogP contribution in [-0.4, -0.2) is 3.92 Å². The second-order valence-electron chi connectivity index (χ2n) is 2.15. The van der Waals surface area contributed by atoms with E-state index in [0.717, 1.165) is 5.57 Å². The van der Waals surface area contributed by atoms with Crippen LogP contribution in [0.2, 0.25) is 0 Å². The topological polar surface area (TPSA) is 0 Å². The SMILES string of the molecule is C/C=C\C(C)=C(\F)C(C)I. The standard InChI is InChI=1S/C8H12FI/c1-4-5-6(2)8(9)7(3)10/h4-5,7H,1-3H3/b5-4-,8-6+. The van der Waals surface area contributed by atoms with Gasteiger partial charge in [-0.3, -0.25) is 0 Å². The van der Waals surface area contributed by atoms with Gasteiger partial charge in [0.2, 0.25) is 0 Å². The van der Waals surface area contributed by atoms with E-state index in [4.69, 9.17) is 0 Å². The first kappa shape index (κ1) is 10.1. The van der Waals surface area contributed by atoms with Gasteiger partial charge < -0.3 is 0 Å². The Labute approximate surface area is 75.3 Å². The minimum absolute atomic E-state index is 0.0196. The van der Waals surface area contributed by atoms with Crippen molar-refractivity contribution in [2.24, 2.45) is 0 Å². The minimum atomic E-state index is -0.0290. The van der Waals surface area contributed by atoms with Crippen molar-refractivity contribution < 1.29 is 4.39 Å². The molecule has 1 unspecified atom stereocenters. The van der Waals surface area contributed by atoms with E-state index in [0.29, 0.717) is 0 Å². The van der Waals surface area contributed by atoms with Gasteiger partial charge in [0.15, 0.2) is 0 Å². The van der Waals surface area contributed by atoms with Gasteiger partial charge in [-0.1, -0.05) is 34.7 Å². The number of rotatable bonds is 2. The second-order valence-corrected chi connectivity index (χ2v) is 4.02. The molecular weight excluding hydrogens is 242 g/mol. The van der Waals surface area contributed by atoms with Gasteiger partial charge in [0.05, 0.1) is 3.92 Å². The maximum atomic E-state index is 12.9. The summed E-state index contributed by atoms with van der Waals surface area (Å²) in [6.45, 7) is 5.50. The molecule has 0 spiro atoms. The molecule has 0 saturated heterocycles. The van der Waals surface area contributed by atoms with Gasteiger partial charge >= 0.3 is 0 Å². The largest absolute Gasteiger partial charge is 0.210 e. The molecule has 2 heteroatoms. The maximum absolute atomic E-state index is 12.9. The van der Waals surface area contributed by atoms with E-state index in [1.54, 1.807) is 13.0 Å². The fraction of sp³-hybridized carbons (Fsp3) is 0.500. The highest BCUT2D eigenvalue weighted by Crippen LogP contribution is 2.18. The van der Waals surface area contributed by atoms with Crippen LogP contribution in [0.3, 0.4) is 0 Å². The Morgan fingerprint density at radius 3 is 2.40 bits per heavy atom. The molecule has 0 N–H and O–H groups in total. The second kappa shape index (κ2) is 4.88. The van der Waals surface area contributed by atoms with Crippen LogP contribution < -0.4 is 0 Å². The molecule has 0 aliphatic rings. The van der Waals surface area contributed by atoms with Gasteiger partial charge in [-0.05, 0) is 26.3 Å². The Bertz CT molecular complexity index is 157. The number of halogens is 2. The summed E-state index contributed by atoms with van der Waals surface area (Å²) in [5.74, 6) is -0.0290. The zero-order valence-electron chi connectivity index (χ0n) is 6.49. The Morgan fingerprint density at radius 2 is 2.10 bits per heavy atom. The zero-order chi connectivity index (χ0) is 8.15. The zero-order valence-corrected chi connectivity index (χ0v) is 8.65. The van der Waals surface area contributed by atoms with Crippen molar-refractivity contribution in [1.29, 1.82) is 0 Å². The van der Waals surface area contributed by atoms with Gasteiger partial charge in [0.25, 0.3) is 0 Å². The van der Waals surface area contributed by atoms with E-state index in [9.17, 15) is 4.39 Å². The van der Waals surface area contributed by atoms with Crippen LogP contribution in [-0.2, 0) is 0 Å². The summed E-state index contributed by atoms with van der Waals surface area (Å²) in [4.78, 5) is 0. The van der Waals surface area contributed by atoms with E-state index < -0.39 is 0 Å². The molecule has 0 saturated carbocycles. The average Bonchev–Trinajstić information content (AvgIpc) is 1.87. The molecule has 0 amide bonds. The lowest BCUT2D eigenvalue weighted by atomic mass is 10.2. The van der Waals surface area contributed by atoms with Gasteiger partial charge in [-0.2, -0.15) is 0 Å². The van der Waals surface area contributed by atoms with E-state index >= 15 is 0 Å². The van der Waals surface area contributed by atoms with E-state index in [1.807, 2.05) is 19.9 Å². The molecule has 0 rings (SSSR count). The van der Waals surface area contributed by atoms with Crippen LogP contribution in [0.25, 0.3) is 0 Å². The quantitative estimate of drug-likeness (QED) is 0.401. The van der Waals surface area contributed by atoms with E-state index in [2.05, 4.69) is 22.6 Å². The molecule has 0 bridgehead atoms. The van der Waals surface area contributed by atoms with Crippen molar-refractivity contribution in [3.05, 3.63) is 23.6 Å². The van der Waals surface area contributed by atoms with Gasteiger partial charge in [0.1, 0.15) is 5.83 Å². The van der Waals surface area contributed by atoms with Crippen molar-refractivity contribution in [1.82, 2.24) is 0 Å². The van der Waals surface area contributed by atoms with Crippen molar-refractivity contribution in [2.45, 2.75) is 24.7 Å². The van der Waals surface area contributed by atoms with Gasteiger partial charge in [-0.25, -0.2) is 4.39 Å². The predicted molar refractivity (Wildman–Crippen MR) is 52.1 cm³/mol. The van der Waals surface area contributed by atoms with Crippen molar-refractivity contribution in [3.63, 3.8) is 0 Å². The molecule has 10 heavy (non-hydrogen) atoms. The van der Waals surface area contributed by atoms with Gasteiger partial charge in [-0.15, -0.1) is 0 Å². The van der Waals surface area contributed by atoms with Crippen LogP contribution in [0.15, 0.2) is 23.6 Å². The van der Waals surface area contributed by atoms with Crippen LogP contribution in [0.4, 0.5) is 4.39 Å². The van der Waals surface area contributed by atoms with Gasteiger partial charge in [0, 0.05) is 0 Å². The lowest BCUT2D eigenvalue weighted by Gasteiger charge is -2.00. The molecule has 1 atom stereocenters. The molecular formula is C8H12FI. The normalized spacial score (nSPS) is 17.3. The van der Waals surface area contributed by atoms with Crippen molar-refractivity contribution in [2.75, 3.05) is 0 Å². The summed E-state index contributed by atoms with van der Waals surface area (Å²) in [7, 11) is 0. The van der Waals surface area contributed by atoms with Crippen molar-refractivity contribution >= 4 is 22.6 Å². The summed E-state index contributed by atoms with van der Waals surface area (Å²) >= 11 is 2.06. The monoisotopic (exact) mass is 254 g/mol. The maximum Gasteiger partial charge on any atom is 0.115 e. The molecule has 0 nitrogen and oxygen atoms in total. The molecule has 0 aliphatic heterocycles. The molecule has 0 aromatic carbocycles. The number of allylic oxidation sites excluding steroid dienone is 4. The Morgan fingerprint density at radius 1 is 1.60 bits per heavy atom. The predicted octanol–water partition coefficient (Wildman–Crippen LogP) is 3.63. The third-order valence-electron chi connectivity index (χ3n) is 1.14. The molecule has 0 fully saturated rings. The van der Waals surface area contributed by atoms with Crippen molar-refractivity contribution in [3.8, 4) is 0 Å². The molecule has 0 radical (unpaired) electrons. The first-order valence-electron chi connectivity index (χ1n) is 3.22. The third kappa shape index (κ3) is 3.34. The highest BCUT2D eigenvalue weighted by molar-refractivity contribution is 14.1. The fourth-order valence-electron chi connectivity index (χ4n) is 0.643. The van der Waals surface area contributed by atoms with Crippen LogP contribution in [0, 0.1) is 0 Å². The summed E-state index contributed by atoms with van der Waals surface area (Å²) in [5, 5.41) is 0. The Hall–Kier alpha value is 0.140. The molecule has 0 aromatic rings. The lowest BCUT2D eigenvalue weighted by molar-refractivity contribution is 0.608. The molecule has 0 aliphatic carbocycles. The number of hydrogen-bond acceptors (Lipinski definition) is 0. The number of alkyl halides is 1. The first-order valence-corrected chi connectivity index (χ1v) is 4.47. The van der Waals surface area contributed by atoms with E-state index in [1.165, 1.54) is 0 Å². The van der Waals surface area contributed by atoms with Crippen LogP contribution in [0.5, 0.6) is 0 Å². The Kier molecular flexibility index (Phi) is 4.95. The summed E-state index contributed by atoms with van der Waals surface area (Å²) in [6.07, 6.45) is 3.62. The summed E-state index contributed by atoms with van der Waals surface area (Å²) in [5.41, 5.74) is 0.726. The highest BCUT2D eigenvalue weighted by atomic mass is 127. The molecule has 0 aromatic heterocycles. The average molecular weight is 254 g/mol. The van der Waals surface area contributed by atoms with E-state index in [-0.39, 0.29) is 9.75 Å². The Balaban J connectivity index is 4.34. The summed E-state index contributed by atoms with van der Waals surface area (Å²) in [6, 6.07) is 0. The number of hydrogen-bond donors (Lipinski definition) is 0. The highest BCUT2D eigenvalue weighted by Gasteiger charge is 2.04. The molecule has 58 valence electrons. The lowest BCUT2D eigenvalue weighted by Crippen LogP contribution is -1.91. The smallest absolute Gasteiger partial charge is 0.115 e.